The Morgan fingerprint density at radius 1 is 1.69 bits per heavy atom. The fourth-order valence-electron chi connectivity index (χ4n) is 1.01. The minimum absolute atomic E-state index is 0.0131. The van der Waals surface area contributed by atoms with E-state index in [1.165, 1.54) is 0 Å². The molecule has 1 atom stereocenters. The van der Waals surface area contributed by atoms with E-state index in [1.54, 1.807) is 6.92 Å². The van der Waals surface area contributed by atoms with E-state index < -0.39 is 16.7 Å². The predicted octanol–water partition coefficient (Wildman–Crippen LogP) is 2.27. The van der Waals surface area contributed by atoms with E-state index in [2.05, 4.69) is 0 Å². The van der Waals surface area contributed by atoms with Crippen LogP contribution in [0.3, 0.4) is 0 Å². The van der Waals surface area contributed by atoms with Crippen LogP contribution in [0.25, 0.3) is 0 Å². The van der Waals surface area contributed by atoms with E-state index >= 15 is 0 Å². The molecule has 1 aromatic carbocycles. The summed E-state index contributed by atoms with van der Waals surface area (Å²) in [5.74, 6) is -1.19. The standard InChI is InChI=1S/C10H9FN2O3/c1-7(5-12)6-16-10-4-8(11)2-3-9(10)13(14)15/h2-4,7H,6H2,1H3. The summed E-state index contributed by atoms with van der Waals surface area (Å²) in [5, 5.41) is 19.1. The van der Waals surface area contributed by atoms with Gasteiger partial charge in [0.2, 0.25) is 0 Å². The SMILES string of the molecule is CC(C#N)COc1cc(F)ccc1[N+](=O)[O-]. The maximum Gasteiger partial charge on any atom is 0.311 e. The van der Waals surface area contributed by atoms with Gasteiger partial charge in [-0.3, -0.25) is 10.1 Å². The lowest BCUT2D eigenvalue weighted by Gasteiger charge is -2.07. The van der Waals surface area contributed by atoms with Crippen LogP contribution in [-0.4, -0.2) is 11.5 Å². The first-order chi connectivity index (χ1) is 7.54. The van der Waals surface area contributed by atoms with Crippen LogP contribution in [0, 0.1) is 33.2 Å². The van der Waals surface area contributed by atoms with Crippen molar-refractivity contribution in [2.45, 2.75) is 6.92 Å². The van der Waals surface area contributed by atoms with Gasteiger partial charge in [-0.1, -0.05) is 0 Å². The second-order valence-electron chi connectivity index (χ2n) is 3.21. The molecule has 0 aliphatic rings. The zero-order valence-electron chi connectivity index (χ0n) is 8.51. The third kappa shape index (κ3) is 2.92. The molecule has 0 aromatic heterocycles. The molecule has 0 saturated carbocycles. The topological polar surface area (TPSA) is 76.2 Å². The highest BCUT2D eigenvalue weighted by atomic mass is 19.1. The van der Waals surface area contributed by atoms with Crippen molar-refractivity contribution < 1.29 is 14.1 Å². The quantitative estimate of drug-likeness (QED) is 0.580. The molecule has 6 heteroatoms. The predicted molar refractivity (Wildman–Crippen MR) is 53.3 cm³/mol. The van der Waals surface area contributed by atoms with Crippen molar-refractivity contribution in [1.82, 2.24) is 0 Å². The molecule has 1 rings (SSSR count). The fourth-order valence-corrected chi connectivity index (χ4v) is 1.01. The Kier molecular flexibility index (Phi) is 3.78. The molecule has 0 bridgehead atoms. The third-order valence-corrected chi connectivity index (χ3v) is 1.83. The van der Waals surface area contributed by atoms with Gasteiger partial charge in [0.1, 0.15) is 12.4 Å². The van der Waals surface area contributed by atoms with Gasteiger partial charge in [-0.15, -0.1) is 0 Å². The van der Waals surface area contributed by atoms with Crippen LogP contribution in [0.4, 0.5) is 10.1 Å². The molecule has 84 valence electrons. The number of hydrogen-bond acceptors (Lipinski definition) is 4. The average molecular weight is 224 g/mol. The first-order valence-electron chi connectivity index (χ1n) is 4.51. The Bertz CT molecular complexity index is 442. The molecule has 0 spiro atoms. The summed E-state index contributed by atoms with van der Waals surface area (Å²) in [5.41, 5.74) is -0.313. The van der Waals surface area contributed by atoms with Crippen molar-refractivity contribution in [3.63, 3.8) is 0 Å². The molecule has 0 N–H and O–H groups in total. The van der Waals surface area contributed by atoms with Gasteiger partial charge in [0.25, 0.3) is 0 Å². The highest BCUT2D eigenvalue weighted by Gasteiger charge is 2.16. The van der Waals surface area contributed by atoms with Crippen molar-refractivity contribution in [3.8, 4) is 11.8 Å². The summed E-state index contributed by atoms with van der Waals surface area (Å²) in [7, 11) is 0. The van der Waals surface area contributed by atoms with Crippen molar-refractivity contribution in [3.05, 3.63) is 34.1 Å². The number of rotatable bonds is 4. The van der Waals surface area contributed by atoms with Gasteiger partial charge in [0, 0.05) is 12.1 Å². The van der Waals surface area contributed by atoms with Crippen LogP contribution in [-0.2, 0) is 0 Å². The third-order valence-electron chi connectivity index (χ3n) is 1.83. The maximum absolute atomic E-state index is 12.8. The highest BCUT2D eigenvalue weighted by Crippen LogP contribution is 2.27. The Labute approximate surface area is 91.2 Å². The molecule has 0 saturated heterocycles. The Balaban J connectivity index is 2.89. The fraction of sp³-hybridized carbons (Fsp3) is 0.300. The molecule has 0 aliphatic carbocycles. The van der Waals surface area contributed by atoms with Crippen molar-refractivity contribution in [2.75, 3.05) is 6.61 Å². The molecular weight excluding hydrogens is 215 g/mol. The summed E-state index contributed by atoms with van der Waals surface area (Å²) in [4.78, 5) is 9.92. The zero-order chi connectivity index (χ0) is 12.1. The molecule has 0 aliphatic heterocycles. The number of halogens is 1. The molecular formula is C10H9FN2O3. The van der Waals surface area contributed by atoms with E-state index in [1.807, 2.05) is 6.07 Å². The van der Waals surface area contributed by atoms with Gasteiger partial charge in [-0.2, -0.15) is 5.26 Å². The van der Waals surface area contributed by atoms with E-state index in [9.17, 15) is 14.5 Å². The molecule has 0 fully saturated rings. The molecule has 16 heavy (non-hydrogen) atoms. The Hall–Kier alpha value is -2.16. The van der Waals surface area contributed by atoms with Crippen molar-refractivity contribution in [1.29, 1.82) is 5.26 Å². The minimum Gasteiger partial charge on any atom is -0.485 e. The smallest absolute Gasteiger partial charge is 0.311 e. The molecule has 1 unspecified atom stereocenters. The largest absolute Gasteiger partial charge is 0.485 e. The van der Waals surface area contributed by atoms with Crippen molar-refractivity contribution >= 4 is 5.69 Å². The maximum atomic E-state index is 12.8. The normalized spacial score (nSPS) is 11.6. The van der Waals surface area contributed by atoms with Crippen molar-refractivity contribution in [2.24, 2.45) is 5.92 Å². The van der Waals surface area contributed by atoms with E-state index in [4.69, 9.17) is 10.00 Å². The zero-order valence-corrected chi connectivity index (χ0v) is 8.51. The molecule has 0 amide bonds. The number of hydrogen-bond donors (Lipinski definition) is 0. The van der Waals surface area contributed by atoms with E-state index in [0.717, 1.165) is 18.2 Å². The molecule has 5 nitrogen and oxygen atoms in total. The first kappa shape index (κ1) is 11.9. The monoisotopic (exact) mass is 224 g/mol. The van der Waals surface area contributed by atoms with E-state index in [-0.39, 0.29) is 18.0 Å². The van der Waals surface area contributed by atoms with Crippen LogP contribution in [0.5, 0.6) is 5.75 Å². The lowest BCUT2D eigenvalue weighted by atomic mass is 10.2. The van der Waals surface area contributed by atoms with E-state index in [0.29, 0.717) is 0 Å². The lowest BCUT2D eigenvalue weighted by molar-refractivity contribution is -0.385. The van der Waals surface area contributed by atoms with Crippen LogP contribution in [0.1, 0.15) is 6.92 Å². The Morgan fingerprint density at radius 2 is 2.38 bits per heavy atom. The number of nitro benzene ring substituents is 1. The lowest BCUT2D eigenvalue weighted by Crippen LogP contribution is -2.07. The Morgan fingerprint density at radius 3 is 2.94 bits per heavy atom. The highest BCUT2D eigenvalue weighted by molar-refractivity contribution is 5.46. The minimum atomic E-state index is -0.661. The summed E-state index contributed by atoms with van der Waals surface area (Å²) < 4.78 is 17.9. The number of nitro groups is 1. The second kappa shape index (κ2) is 5.07. The van der Waals surface area contributed by atoms with Gasteiger partial charge in [-0.05, 0) is 13.0 Å². The number of nitriles is 1. The van der Waals surface area contributed by atoms with Crippen LogP contribution in [0.2, 0.25) is 0 Å². The first-order valence-corrected chi connectivity index (χ1v) is 4.51. The summed E-state index contributed by atoms with van der Waals surface area (Å²) in [6, 6.07) is 4.86. The molecule has 0 radical (unpaired) electrons. The van der Waals surface area contributed by atoms with Gasteiger partial charge >= 0.3 is 5.69 Å². The van der Waals surface area contributed by atoms with Gasteiger partial charge in [0.15, 0.2) is 5.75 Å². The number of ether oxygens (including phenoxy) is 1. The summed E-state index contributed by atoms with van der Waals surface area (Å²) >= 11 is 0. The average Bonchev–Trinajstić information content (AvgIpc) is 2.25. The van der Waals surface area contributed by atoms with Crippen LogP contribution >= 0.6 is 0 Å². The molecule has 0 heterocycles. The number of nitrogens with zero attached hydrogens (tertiary/aromatic N) is 2. The van der Waals surface area contributed by atoms with Crippen LogP contribution < -0.4 is 4.74 Å². The van der Waals surface area contributed by atoms with Gasteiger partial charge < -0.3 is 4.74 Å². The summed E-state index contributed by atoms with van der Waals surface area (Å²) in [6.07, 6.45) is 0. The van der Waals surface area contributed by atoms with Gasteiger partial charge in [-0.25, -0.2) is 4.39 Å². The summed E-state index contributed by atoms with van der Waals surface area (Å²) in [6.45, 7) is 1.59. The van der Waals surface area contributed by atoms with Gasteiger partial charge in [0.05, 0.1) is 16.9 Å². The second-order valence-corrected chi connectivity index (χ2v) is 3.21. The number of benzene rings is 1. The van der Waals surface area contributed by atoms with Crippen LogP contribution in [0.15, 0.2) is 18.2 Å². The molecule has 1 aromatic rings.